The van der Waals surface area contributed by atoms with E-state index in [2.05, 4.69) is 17.1 Å². The molecule has 5 nitrogen and oxygen atoms in total. The van der Waals surface area contributed by atoms with Gasteiger partial charge in [-0.15, -0.1) is 0 Å². The van der Waals surface area contributed by atoms with E-state index in [9.17, 15) is 9.59 Å². The van der Waals surface area contributed by atoms with Crippen LogP contribution in [0.25, 0.3) is 0 Å². The number of para-hydroxylation sites is 1. The first-order valence-corrected chi connectivity index (χ1v) is 7.00. The number of amides is 2. The molecule has 0 spiro atoms. The number of nitrogens with one attached hydrogen (secondary N) is 1. The number of benzene rings is 1. The molecule has 1 aromatic rings. The van der Waals surface area contributed by atoms with Gasteiger partial charge in [-0.2, -0.15) is 0 Å². The number of hydrogen-bond acceptors (Lipinski definition) is 3. The number of nitrogens with two attached hydrogens (primary N) is 1. The summed E-state index contributed by atoms with van der Waals surface area (Å²) in [6.45, 7) is 3.45. The van der Waals surface area contributed by atoms with Crippen LogP contribution in [0.15, 0.2) is 24.3 Å². The van der Waals surface area contributed by atoms with E-state index in [1.165, 1.54) is 6.42 Å². The molecule has 0 unspecified atom stereocenters. The molecule has 1 aromatic carbocycles. The zero-order valence-electron chi connectivity index (χ0n) is 11.8. The van der Waals surface area contributed by atoms with Crippen LogP contribution in [0.3, 0.4) is 0 Å². The molecule has 0 aromatic heterocycles. The summed E-state index contributed by atoms with van der Waals surface area (Å²) in [7, 11) is 0. The molecule has 2 amide bonds. The van der Waals surface area contributed by atoms with Gasteiger partial charge in [-0.3, -0.25) is 14.5 Å². The van der Waals surface area contributed by atoms with Gasteiger partial charge in [-0.1, -0.05) is 18.6 Å². The van der Waals surface area contributed by atoms with Crippen molar-refractivity contribution in [1.29, 1.82) is 0 Å². The van der Waals surface area contributed by atoms with Crippen molar-refractivity contribution in [2.24, 2.45) is 5.73 Å². The van der Waals surface area contributed by atoms with E-state index in [1.807, 2.05) is 0 Å². The molecule has 0 aliphatic carbocycles. The molecule has 20 heavy (non-hydrogen) atoms. The van der Waals surface area contributed by atoms with Crippen molar-refractivity contribution in [3.63, 3.8) is 0 Å². The maximum Gasteiger partial charge on any atom is 0.250 e. The Morgan fingerprint density at radius 1 is 1.35 bits per heavy atom. The lowest BCUT2D eigenvalue weighted by molar-refractivity contribution is -0.118. The second-order valence-electron chi connectivity index (χ2n) is 5.27. The van der Waals surface area contributed by atoms with E-state index < -0.39 is 5.91 Å². The summed E-state index contributed by atoms with van der Waals surface area (Å²) in [5.41, 5.74) is 6.12. The van der Waals surface area contributed by atoms with Crippen molar-refractivity contribution in [2.75, 3.05) is 18.4 Å². The van der Waals surface area contributed by atoms with E-state index in [1.54, 1.807) is 24.3 Å². The lowest BCUT2D eigenvalue weighted by Crippen LogP contribution is -2.42. The third-order valence-electron chi connectivity index (χ3n) is 3.75. The summed E-state index contributed by atoms with van der Waals surface area (Å²) < 4.78 is 0. The molecule has 1 saturated heterocycles. The van der Waals surface area contributed by atoms with Crippen molar-refractivity contribution in [3.8, 4) is 0 Å². The van der Waals surface area contributed by atoms with Gasteiger partial charge in [0.1, 0.15) is 0 Å². The number of likely N-dealkylation sites (tertiary alicyclic amines) is 1. The molecule has 1 heterocycles. The Bertz CT molecular complexity index is 502. The summed E-state index contributed by atoms with van der Waals surface area (Å²) >= 11 is 0. The fraction of sp³-hybridized carbons (Fsp3) is 0.467. The number of piperidine rings is 1. The van der Waals surface area contributed by atoms with Crippen LogP contribution in [-0.2, 0) is 4.79 Å². The van der Waals surface area contributed by atoms with Crippen LogP contribution in [0.5, 0.6) is 0 Å². The molecule has 1 fully saturated rings. The topological polar surface area (TPSA) is 75.4 Å². The average Bonchev–Trinajstić information content (AvgIpc) is 2.41. The van der Waals surface area contributed by atoms with Gasteiger partial charge in [0.2, 0.25) is 5.91 Å². The van der Waals surface area contributed by atoms with Gasteiger partial charge in [0.05, 0.1) is 17.8 Å². The molecule has 0 radical (unpaired) electrons. The van der Waals surface area contributed by atoms with Gasteiger partial charge in [-0.25, -0.2) is 0 Å². The highest BCUT2D eigenvalue weighted by atomic mass is 16.2. The average molecular weight is 275 g/mol. The largest absolute Gasteiger partial charge is 0.366 e. The van der Waals surface area contributed by atoms with Gasteiger partial charge >= 0.3 is 0 Å². The highest BCUT2D eigenvalue weighted by Gasteiger charge is 2.21. The predicted molar refractivity (Wildman–Crippen MR) is 78.5 cm³/mol. The molecule has 0 bridgehead atoms. The Balaban J connectivity index is 1.99. The van der Waals surface area contributed by atoms with Crippen molar-refractivity contribution in [2.45, 2.75) is 32.2 Å². The second-order valence-corrected chi connectivity index (χ2v) is 5.27. The molecule has 1 aliphatic rings. The Hall–Kier alpha value is -1.88. The monoisotopic (exact) mass is 275 g/mol. The lowest BCUT2D eigenvalue weighted by Gasteiger charge is -2.32. The number of carbonyl (C=O) groups is 2. The van der Waals surface area contributed by atoms with Crippen LogP contribution >= 0.6 is 0 Å². The standard InChI is InChI=1S/C15H21N3O2/c1-11-6-4-5-9-18(11)10-14(19)17-13-8-3-2-7-12(13)15(16)20/h2-3,7-8,11H,4-6,9-10H2,1H3,(H2,16,20)(H,17,19)/t11-/m1/s1. The predicted octanol–water partition coefficient (Wildman–Crippen LogP) is 1.60. The van der Waals surface area contributed by atoms with Crippen molar-refractivity contribution < 1.29 is 9.59 Å². The first kappa shape index (κ1) is 14.5. The van der Waals surface area contributed by atoms with E-state index in [4.69, 9.17) is 5.73 Å². The number of rotatable bonds is 4. The maximum absolute atomic E-state index is 12.1. The zero-order valence-corrected chi connectivity index (χ0v) is 11.8. The summed E-state index contributed by atoms with van der Waals surface area (Å²) in [6, 6.07) is 7.23. The first-order valence-electron chi connectivity index (χ1n) is 7.00. The van der Waals surface area contributed by atoms with Crippen molar-refractivity contribution in [1.82, 2.24) is 4.90 Å². The molecule has 5 heteroatoms. The minimum Gasteiger partial charge on any atom is -0.366 e. The highest BCUT2D eigenvalue weighted by Crippen LogP contribution is 2.17. The highest BCUT2D eigenvalue weighted by molar-refractivity contribution is 6.03. The Morgan fingerprint density at radius 3 is 2.80 bits per heavy atom. The summed E-state index contributed by atoms with van der Waals surface area (Å²) in [4.78, 5) is 25.6. The smallest absolute Gasteiger partial charge is 0.250 e. The van der Waals surface area contributed by atoms with Gasteiger partial charge in [0.15, 0.2) is 0 Å². The van der Waals surface area contributed by atoms with E-state index in [0.717, 1.165) is 19.4 Å². The van der Waals surface area contributed by atoms with Crippen molar-refractivity contribution in [3.05, 3.63) is 29.8 Å². The van der Waals surface area contributed by atoms with Crippen LogP contribution in [0.2, 0.25) is 0 Å². The molecular formula is C15H21N3O2. The zero-order chi connectivity index (χ0) is 14.5. The molecule has 3 N–H and O–H groups in total. The van der Waals surface area contributed by atoms with Gasteiger partial charge in [0.25, 0.3) is 5.91 Å². The molecule has 0 saturated carbocycles. The Morgan fingerprint density at radius 2 is 2.10 bits per heavy atom. The first-order chi connectivity index (χ1) is 9.58. The van der Waals surface area contributed by atoms with E-state index >= 15 is 0 Å². The number of hydrogen-bond donors (Lipinski definition) is 2. The third kappa shape index (κ3) is 3.57. The van der Waals surface area contributed by atoms with Crippen LogP contribution in [0, 0.1) is 0 Å². The van der Waals surface area contributed by atoms with Crippen LogP contribution in [0.1, 0.15) is 36.5 Å². The van der Waals surface area contributed by atoms with Crippen LogP contribution in [-0.4, -0.2) is 35.8 Å². The molecule has 1 aliphatic heterocycles. The fourth-order valence-corrected chi connectivity index (χ4v) is 2.57. The quantitative estimate of drug-likeness (QED) is 0.876. The Labute approximate surface area is 119 Å². The Kier molecular flexibility index (Phi) is 4.74. The summed E-state index contributed by atoms with van der Waals surface area (Å²) in [6.07, 6.45) is 3.49. The number of nitrogens with zero attached hydrogens (tertiary/aromatic N) is 1. The van der Waals surface area contributed by atoms with E-state index in [0.29, 0.717) is 23.8 Å². The second kappa shape index (κ2) is 6.52. The third-order valence-corrected chi connectivity index (χ3v) is 3.75. The van der Waals surface area contributed by atoms with Crippen LogP contribution in [0.4, 0.5) is 5.69 Å². The van der Waals surface area contributed by atoms with Crippen molar-refractivity contribution >= 4 is 17.5 Å². The van der Waals surface area contributed by atoms with Gasteiger partial charge in [-0.05, 0) is 38.4 Å². The molecule has 2 rings (SSSR count). The lowest BCUT2D eigenvalue weighted by atomic mass is 10.0. The number of carbonyl (C=O) groups excluding carboxylic acids is 2. The molecule has 1 atom stereocenters. The summed E-state index contributed by atoms with van der Waals surface area (Å²) in [5, 5.41) is 2.78. The molecular weight excluding hydrogens is 254 g/mol. The fourth-order valence-electron chi connectivity index (χ4n) is 2.57. The van der Waals surface area contributed by atoms with E-state index in [-0.39, 0.29) is 5.91 Å². The van der Waals surface area contributed by atoms with Gasteiger partial charge < -0.3 is 11.1 Å². The minimum atomic E-state index is -0.535. The normalized spacial score (nSPS) is 19.6. The van der Waals surface area contributed by atoms with Gasteiger partial charge in [0, 0.05) is 6.04 Å². The number of primary amides is 1. The number of anilines is 1. The molecule has 108 valence electrons. The SMILES string of the molecule is C[C@@H]1CCCCN1CC(=O)Nc1ccccc1C(N)=O. The maximum atomic E-state index is 12.1. The summed E-state index contributed by atoms with van der Waals surface area (Å²) in [5.74, 6) is -0.639. The van der Waals surface area contributed by atoms with Crippen LogP contribution < -0.4 is 11.1 Å². The minimum absolute atomic E-state index is 0.104.